The minimum atomic E-state index is -0.198. The monoisotopic (exact) mass is 367 g/mol. The van der Waals surface area contributed by atoms with Gasteiger partial charge >= 0.3 is 0 Å². The van der Waals surface area contributed by atoms with Crippen LogP contribution in [0.1, 0.15) is 5.56 Å². The second-order valence-electron chi connectivity index (χ2n) is 5.28. The van der Waals surface area contributed by atoms with E-state index in [0.717, 1.165) is 38.9 Å². The molecule has 0 spiro atoms. The van der Waals surface area contributed by atoms with Gasteiger partial charge in [0, 0.05) is 10.5 Å². The Bertz CT molecular complexity index is 868. The summed E-state index contributed by atoms with van der Waals surface area (Å²) in [6, 6.07) is 20.9. The molecule has 3 aromatic rings. The third-order valence-electron chi connectivity index (χ3n) is 3.67. The van der Waals surface area contributed by atoms with Crippen LogP contribution in [0.25, 0.3) is 22.3 Å². The molecule has 0 aromatic heterocycles. The molecule has 1 atom stereocenters. The van der Waals surface area contributed by atoms with Gasteiger partial charge in [-0.1, -0.05) is 55.2 Å². The molecule has 0 fully saturated rings. The fourth-order valence-corrected chi connectivity index (χ4v) is 2.84. The molecule has 0 saturated carbocycles. The average Bonchev–Trinajstić information content (AvgIpc) is 2.65. The number of thiocyanates is 1. The van der Waals surface area contributed by atoms with Crippen molar-refractivity contribution in [3.8, 4) is 27.7 Å². The largest absolute Gasteiger partial charge is 0.206 e. The number of hydrogen-bond acceptors (Lipinski definition) is 2. The van der Waals surface area contributed by atoms with Crippen molar-refractivity contribution in [2.24, 2.45) is 0 Å². The van der Waals surface area contributed by atoms with Crippen LogP contribution in [0.3, 0.4) is 0 Å². The Morgan fingerprint density at radius 3 is 1.88 bits per heavy atom. The zero-order valence-electron chi connectivity index (χ0n) is 14.2. The number of hydrogen-bond donors (Lipinski definition) is 0. The molecule has 0 aliphatic heterocycles. The number of rotatable bonds is 3. The third kappa shape index (κ3) is 4.92. The van der Waals surface area contributed by atoms with Crippen LogP contribution in [0.2, 0.25) is 0 Å². The van der Waals surface area contributed by atoms with Crippen LogP contribution in [0.5, 0.6) is 0 Å². The maximum absolute atomic E-state index is 14.0. The maximum atomic E-state index is 14.0. The third-order valence-corrected chi connectivity index (χ3v) is 4.27. The lowest BCUT2D eigenvalue weighted by Crippen LogP contribution is -1.86. The van der Waals surface area contributed by atoms with Crippen LogP contribution >= 0.6 is 21.0 Å². The van der Waals surface area contributed by atoms with Crippen molar-refractivity contribution in [1.29, 1.82) is 5.26 Å². The number of aryl methyl sites for hydroxylation is 1. The van der Waals surface area contributed by atoms with Crippen molar-refractivity contribution < 1.29 is 4.39 Å². The Morgan fingerprint density at radius 1 is 0.840 bits per heavy atom. The van der Waals surface area contributed by atoms with Gasteiger partial charge in [0.05, 0.1) is 0 Å². The van der Waals surface area contributed by atoms with Crippen molar-refractivity contribution in [3.63, 3.8) is 0 Å². The lowest BCUT2D eigenvalue weighted by Gasteiger charge is -2.07. The summed E-state index contributed by atoms with van der Waals surface area (Å²) in [4.78, 5) is 0.926. The summed E-state index contributed by atoms with van der Waals surface area (Å²) in [5.41, 5.74) is 4.53. The molecular weight excluding hydrogens is 348 g/mol. The molecule has 3 rings (SSSR count). The van der Waals surface area contributed by atoms with Crippen molar-refractivity contribution in [2.75, 3.05) is 6.66 Å². The van der Waals surface area contributed by atoms with Crippen LogP contribution in [0, 0.1) is 23.4 Å². The smallest absolute Gasteiger partial charge is 0.138 e. The average molecular weight is 367 g/mol. The summed E-state index contributed by atoms with van der Waals surface area (Å²) in [5, 5.41) is 10.7. The Labute approximate surface area is 155 Å². The molecule has 1 unspecified atom stereocenters. The molecule has 0 saturated heterocycles. The van der Waals surface area contributed by atoms with Gasteiger partial charge in [0.2, 0.25) is 0 Å². The minimum absolute atomic E-state index is 0.198. The fraction of sp³-hybridized carbons (Fsp3) is 0.0952. The fourth-order valence-electron chi connectivity index (χ4n) is 2.46. The summed E-state index contributed by atoms with van der Waals surface area (Å²) < 4.78 is 14.0. The minimum Gasteiger partial charge on any atom is -0.206 e. The van der Waals surface area contributed by atoms with E-state index in [4.69, 9.17) is 5.26 Å². The van der Waals surface area contributed by atoms with Crippen molar-refractivity contribution >= 4 is 21.0 Å². The summed E-state index contributed by atoms with van der Waals surface area (Å²) in [7, 11) is 2.42. The van der Waals surface area contributed by atoms with Crippen LogP contribution in [-0.2, 0) is 0 Å². The Kier molecular flexibility index (Phi) is 7.19. The summed E-state index contributed by atoms with van der Waals surface area (Å²) in [6.45, 7) is 3.80. The highest BCUT2D eigenvalue weighted by Gasteiger charge is 2.06. The van der Waals surface area contributed by atoms with Gasteiger partial charge in [-0.3, -0.25) is 0 Å². The van der Waals surface area contributed by atoms with E-state index in [1.807, 2.05) is 74.3 Å². The van der Waals surface area contributed by atoms with E-state index >= 15 is 0 Å². The first-order chi connectivity index (χ1) is 12.2. The number of halogens is 1. The predicted octanol–water partition coefficient (Wildman–Crippen LogP) is 6.53. The van der Waals surface area contributed by atoms with Crippen LogP contribution in [0.15, 0.2) is 71.6 Å². The molecule has 1 nitrogen and oxygen atoms in total. The first-order valence-corrected chi connectivity index (χ1v) is 9.75. The number of thioether (sulfide) groups is 1. The molecule has 3 aromatic carbocycles. The lowest BCUT2D eigenvalue weighted by molar-refractivity contribution is 0.630. The van der Waals surface area contributed by atoms with Gasteiger partial charge < -0.3 is 0 Å². The van der Waals surface area contributed by atoms with Crippen LogP contribution in [-0.4, -0.2) is 6.66 Å². The molecule has 0 heterocycles. The van der Waals surface area contributed by atoms with E-state index in [9.17, 15) is 4.39 Å². The molecule has 0 amide bonds. The normalized spacial score (nSPS) is 9.72. The van der Waals surface area contributed by atoms with Gasteiger partial charge in [0.1, 0.15) is 11.2 Å². The van der Waals surface area contributed by atoms with E-state index in [1.165, 1.54) is 0 Å². The molecule has 0 N–H and O–H groups in total. The zero-order chi connectivity index (χ0) is 18.2. The standard InChI is InChI=1S/C20H14FNS.CH5P/c1-14-2-11-19(20(21)12-14)17-5-3-15(4-6-17)16-7-9-18(10-8-16)23-13-22;1-2/h2-12H,1H3;2H2,1H3. The Hall–Kier alpha value is -2.14. The van der Waals surface area contributed by atoms with Crippen molar-refractivity contribution in [1.82, 2.24) is 0 Å². The maximum Gasteiger partial charge on any atom is 0.138 e. The van der Waals surface area contributed by atoms with Gasteiger partial charge in [-0.15, -0.1) is 9.24 Å². The van der Waals surface area contributed by atoms with E-state index in [-0.39, 0.29) is 5.82 Å². The molecule has 25 heavy (non-hydrogen) atoms. The van der Waals surface area contributed by atoms with E-state index in [1.54, 1.807) is 6.07 Å². The van der Waals surface area contributed by atoms with Crippen LogP contribution in [0.4, 0.5) is 4.39 Å². The highest BCUT2D eigenvalue weighted by molar-refractivity contribution is 8.03. The Balaban J connectivity index is 0.00000109. The molecule has 4 heteroatoms. The van der Waals surface area contributed by atoms with Gasteiger partial charge in [-0.2, -0.15) is 5.26 Å². The second-order valence-corrected chi connectivity index (χ2v) is 6.14. The molecule has 0 bridgehead atoms. The topological polar surface area (TPSA) is 23.8 Å². The molecule has 0 aliphatic carbocycles. The van der Waals surface area contributed by atoms with Gasteiger partial charge in [-0.25, -0.2) is 4.39 Å². The second kappa shape index (κ2) is 9.37. The quantitative estimate of drug-likeness (QED) is 0.298. The number of nitriles is 1. The first kappa shape index (κ1) is 19.2. The van der Waals surface area contributed by atoms with Gasteiger partial charge in [0.15, 0.2) is 0 Å². The SMILES string of the molecule is CP.Cc1ccc(-c2ccc(-c3ccc(SC#N)cc3)cc2)c(F)c1. The zero-order valence-corrected chi connectivity index (χ0v) is 16.1. The molecule has 0 radical (unpaired) electrons. The van der Waals surface area contributed by atoms with Crippen LogP contribution < -0.4 is 0 Å². The molecule has 126 valence electrons. The summed E-state index contributed by atoms with van der Waals surface area (Å²) in [6.07, 6.45) is 0. The number of nitrogens with zero attached hydrogens (tertiary/aromatic N) is 1. The summed E-state index contributed by atoms with van der Waals surface area (Å²) in [5.74, 6) is -0.198. The van der Waals surface area contributed by atoms with E-state index in [0.29, 0.717) is 5.56 Å². The molecular formula is C21H19FNPS. The van der Waals surface area contributed by atoms with Gasteiger partial charge in [-0.05, 0) is 59.1 Å². The highest BCUT2D eigenvalue weighted by atomic mass is 32.2. The van der Waals surface area contributed by atoms with Crippen molar-refractivity contribution in [3.05, 3.63) is 78.1 Å². The predicted molar refractivity (Wildman–Crippen MR) is 109 cm³/mol. The molecule has 0 aliphatic rings. The van der Waals surface area contributed by atoms with E-state index < -0.39 is 0 Å². The van der Waals surface area contributed by atoms with E-state index in [2.05, 4.69) is 14.6 Å². The lowest BCUT2D eigenvalue weighted by atomic mass is 9.99. The number of benzene rings is 3. The van der Waals surface area contributed by atoms with Gasteiger partial charge in [0.25, 0.3) is 0 Å². The first-order valence-electron chi connectivity index (χ1n) is 7.78. The highest BCUT2D eigenvalue weighted by Crippen LogP contribution is 2.28. The summed E-state index contributed by atoms with van der Waals surface area (Å²) >= 11 is 1.15. The Morgan fingerprint density at radius 2 is 1.36 bits per heavy atom. The van der Waals surface area contributed by atoms with Crippen molar-refractivity contribution in [2.45, 2.75) is 11.8 Å².